The van der Waals surface area contributed by atoms with Gasteiger partial charge in [-0.1, -0.05) is 25.0 Å². The fraction of sp³-hybridized carbons (Fsp3) is 0.579. The summed E-state index contributed by atoms with van der Waals surface area (Å²) in [6.07, 6.45) is 0.476. The maximum Gasteiger partial charge on any atom is 0.422 e. The molecular formula is C19H27F3N4O2. The lowest BCUT2D eigenvalue weighted by atomic mass is 10.2. The molecule has 1 fully saturated rings. The van der Waals surface area contributed by atoms with Crippen molar-refractivity contribution in [3.63, 3.8) is 0 Å². The van der Waals surface area contributed by atoms with E-state index in [9.17, 15) is 18.0 Å². The van der Waals surface area contributed by atoms with E-state index in [1.54, 1.807) is 19.2 Å². The van der Waals surface area contributed by atoms with E-state index in [0.29, 0.717) is 31.5 Å². The van der Waals surface area contributed by atoms with Crippen LogP contribution in [-0.2, 0) is 11.3 Å². The minimum absolute atomic E-state index is 0.0318. The second-order valence-corrected chi connectivity index (χ2v) is 6.70. The van der Waals surface area contributed by atoms with Crippen molar-refractivity contribution in [1.82, 2.24) is 16.0 Å². The summed E-state index contributed by atoms with van der Waals surface area (Å²) in [5.41, 5.74) is 0.862. The third-order valence-corrected chi connectivity index (χ3v) is 4.37. The monoisotopic (exact) mass is 400 g/mol. The maximum absolute atomic E-state index is 12.1. The minimum atomic E-state index is -4.35. The van der Waals surface area contributed by atoms with Crippen molar-refractivity contribution in [2.75, 3.05) is 20.2 Å². The molecule has 0 saturated heterocycles. The zero-order valence-electron chi connectivity index (χ0n) is 15.9. The van der Waals surface area contributed by atoms with Gasteiger partial charge in [0.25, 0.3) is 0 Å². The lowest BCUT2D eigenvalue weighted by Crippen LogP contribution is -2.40. The summed E-state index contributed by atoms with van der Waals surface area (Å²) >= 11 is 0. The van der Waals surface area contributed by atoms with Crippen molar-refractivity contribution in [3.05, 3.63) is 29.8 Å². The fourth-order valence-electron chi connectivity index (χ4n) is 2.94. The number of aliphatic imine (C=N–C) groups is 1. The van der Waals surface area contributed by atoms with Crippen LogP contribution in [0.2, 0.25) is 0 Å². The molecule has 0 unspecified atom stereocenters. The molecule has 1 aliphatic carbocycles. The number of guanidine groups is 1. The average molecular weight is 400 g/mol. The number of carbonyl (C=O) groups is 1. The number of benzene rings is 1. The molecule has 0 spiro atoms. The van der Waals surface area contributed by atoms with Crippen LogP contribution in [0.5, 0.6) is 5.75 Å². The Morgan fingerprint density at radius 1 is 1.18 bits per heavy atom. The summed E-state index contributed by atoms with van der Waals surface area (Å²) in [5.74, 6) is 0.743. The lowest BCUT2D eigenvalue weighted by Gasteiger charge is -2.14. The molecule has 9 heteroatoms. The number of rotatable bonds is 8. The first-order valence-corrected chi connectivity index (χ1v) is 9.38. The average Bonchev–Trinajstić information content (AvgIpc) is 3.16. The molecule has 3 N–H and O–H groups in total. The molecule has 156 valence electrons. The third kappa shape index (κ3) is 8.49. The van der Waals surface area contributed by atoms with Gasteiger partial charge in [0, 0.05) is 32.6 Å². The predicted octanol–water partition coefficient (Wildman–Crippen LogP) is 2.74. The van der Waals surface area contributed by atoms with E-state index in [0.717, 1.165) is 18.4 Å². The van der Waals surface area contributed by atoms with E-state index in [4.69, 9.17) is 0 Å². The number of ether oxygens (including phenoxy) is 1. The van der Waals surface area contributed by atoms with Gasteiger partial charge in [-0.05, 0) is 30.5 Å². The van der Waals surface area contributed by atoms with Crippen LogP contribution in [0.1, 0.15) is 37.7 Å². The highest BCUT2D eigenvalue weighted by atomic mass is 19.4. The van der Waals surface area contributed by atoms with Gasteiger partial charge in [0.05, 0.1) is 0 Å². The quantitative estimate of drug-likeness (QED) is 0.463. The molecule has 28 heavy (non-hydrogen) atoms. The molecule has 1 aromatic carbocycles. The topological polar surface area (TPSA) is 74.8 Å². The van der Waals surface area contributed by atoms with Gasteiger partial charge < -0.3 is 20.7 Å². The number of halogens is 3. The Kier molecular flexibility index (Phi) is 8.41. The van der Waals surface area contributed by atoms with Gasteiger partial charge in [-0.15, -0.1) is 0 Å². The van der Waals surface area contributed by atoms with Crippen LogP contribution in [0, 0.1) is 0 Å². The zero-order valence-corrected chi connectivity index (χ0v) is 15.9. The van der Waals surface area contributed by atoms with E-state index < -0.39 is 12.8 Å². The van der Waals surface area contributed by atoms with Gasteiger partial charge in [-0.3, -0.25) is 9.79 Å². The van der Waals surface area contributed by atoms with Gasteiger partial charge in [-0.25, -0.2) is 0 Å². The minimum Gasteiger partial charge on any atom is -0.484 e. The number of hydrogen-bond donors (Lipinski definition) is 3. The van der Waals surface area contributed by atoms with Crippen LogP contribution < -0.4 is 20.7 Å². The van der Waals surface area contributed by atoms with E-state index >= 15 is 0 Å². The van der Waals surface area contributed by atoms with Crippen LogP contribution in [0.25, 0.3) is 0 Å². The molecule has 0 aromatic heterocycles. The van der Waals surface area contributed by atoms with E-state index in [2.05, 4.69) is 25.7 Å². The van der Waals surface area contributed by atoms with Crippen molar-refractivity contribution in [2.45, 2.75) is 50.9 Å². The van der Waals surface area contributed by atoms with Crippen molar-refractivity contribution >= 4 is 11.9 Å². The number of nitrogens with one attached hydrogen (secondary N) is 3. The second kappa shape index (κ2) is 10.8. The molecule has 1 aliphatic rings. The molecule has 0 aliphatic heterocycles. The first-order chi connectivity index (χ1) is 13.4. The summed E-state index contributed by atoms with van der Waals surface area (Å²) in [6.45, 7) is -0.411. The zero-order chi connectivity index (χ0) is 20.4. The van der Waals surface area contributed by atoms with Crippen LogP contribution in [-0.4, -0.2) is 44.3 Å². The highest BCUT2D eigenvalue weighted by molar-refractivity contribution is 5.81. The largest absolute Gasteiger partial charge is 0.484 e. The standard InChI is InChI=1S/C19H27F3N4O2/c1-23-18(24-11-10-17(27)26-15-4-2-3-5-15)25-12-14-6-8-16(9-7-14)28-13-19(20,21)22/h6-9,15H,2-5,10-13H2,1H3,(H,26,27)(H2,23,24,25). The van der Waals surface area contributed by atoms with Crippen molar-refractivity contribution in [1.29, 1.82) is 0 Å². The Balaban J connectivity index is 1.66. The first kappa shape index (κ1) is 21.8. The highest BCUT2D eigenvalue weighted by Crippen LogP contribution is 2.19. The van der Waals surface area contributed by atoms with Crippen molar-refractivity contribution in [2.24, 2.45) is 4.99 Å². The van der Waals surface area contributed by atoms with Gasteiger partial charge in [0.2, 0.25) is 5.91 Å². The number of alkyl halides is 3. The number of carbonyl (C=O) groups excluding carboxylic acids is 1. The molecule has 1 amide bonds. The van der Waals surface area contributed by atoms with Crippen LogP contribution >= 0.6 is 0 Å². The molecular weight excluding hydrogens is 373 g/mol. The Morgan fingerprint density at radius 3 is 2.46 bits per heavy atom. The second-order valence-electron chi connectivity index (χ2n) is 6.70. The molecule has 1 aromatic rings. The Bertz CT molecular complexity index is 642. The summed E-state index contributed by atoms with van der Waals surface area (Å²) in [7, 11) is 1.63. The molecule has 0 bridgehead atoms. The Labute approximate surface area is 162 Å². The predicted molar refractivity (Wildman–Crippen MR) is 101 cm³/mol. The molecule has 2 rings (SSSR count). The lowest BCUT2D eigenvalue weighted by molar-refractivity contribution is -0.153. The summed E-state index contributed by atoms with van der Waals surface area (Å²) in [5, 5.41) is 9.20. The maximum atomic E-state index is 12.1. The summed E-state index contributed by atoms with van der Waals surface area (Å²) in [4.78, 5) is 16.0. The van der Waals surface area contributed by atoms with Crippen molar-refractivity contribution < 1.29 is 22.7 Å². The number of amides is 1. The van der Waals surface area contributed by atoms with E-state index in [-0.39, 0.29) is 11.7 Å². The number of hydrogen-bond acceptors (Lipinski definition) is 3. The van der Waals surface area contributed by atoms with Gasteiger partial charge in [0.1, 0.15) is 5.75 Å². The molecule has 1 saturated carbocycles. The highest BCUT2D eigenvalue weighted by Gasteiger charge is 2.28. The third-order valence-electron chi connectivity index (χ3n) is 4.37. The van der Waals surface area contributed by atoms with Crippen LogP contribution in [0.4, 0.5) is 13.2 Å². The van der Waals surface area contributed by atoms with E-state index in [1.807, 2.05) is 0 Å². The van der Waals surface area contributed by atoms with Gasteiger partial charge >= 0.3 is 6.18 Å². The SMILES string of the molecule is CN=C(NCCC(=O)NC1CCCC1)NCc1ccc(OCC(F)(F)F)cc1. The fourth-order valence-corrected chi connectivity index (χ4v) is 2.94. The molecule has 0 atom stereocenters. The Morgan fingerprint density at radius 2 is 1.86 bits per heavy atom. The molecule has 6 nitrogen and oxygen atoms in total. The Hall–Kier alpha value is -2.45. The summed E-state index contributed by atoms with van der Waals surface area (Å²) in [6, 6.07) is 6.66. The first-order valence-electron chi connectivity index (χ1n) is 9.38. The number of nitrogens with zero attached hydrogens (tertiary/aromatic N) is 1. The smallest absolute Gasteiger partial charge is 0.422 e. The normalized spacial score (nSPS) is 15.4. The van der Waals surface area contributed by atoms with Gasteiger partial charge in [0.15, 0.2) is 12.6 Å². The van der Waals surface area contributed by atoms with Crippen LogP contribution in [0.3, 0.4) is 0 Å². The molecule has 0 radical (unpaired) electrons. The molecule has 0 heterocycles. The van der Waals surface area contributed by atoms with Crippen LogP contribution in [0.15, 0.2) is 29.3 Å². The van der Waals surface area contributed by atoms with Crippen molar-refractivity contribution in [3.8, 4) is 5.75 Å². The van der Waals surface area contributed by atoms with Gasteiger partial charge in [-0.2, -0.15) is 13.2 Å². The van der Waals surface area contributed by atoms with E-state index in [1.165, 1.54) is 25.0 Å². The summed E-state index contributed by atoms with van der Waals surface area (Å²) < 4.78 is 41.1.